The molecule has 0 radical (unpaired) electrons. The Bertz CT molecular complexity index is 2470. The summed E-state index contributed by atoms with van der Waals surface area (Å²) < 4.78 is 6.60. The number of hydrogen-bond donors (Lipinski definition) is 0. The van der Waals surface area contributed by atoms with Crippen molar-refractivity contribution in [2.75, 3.05) is 4.90 Å². The molecule has 0 N–H and O–H groups in total. The minimum Gasteiger partial charge on any atom is -0.457 e. The molecule has 3 aliphatic heterocycles. The minimum atomic E-state index is -2.28. The number of ether oxygens (including phenoxy) is 1. The largest absolute Gasteiger partial charge is 0.457 e. The van der Waals surface area contributed by atoms with Crippen molar-refractivity contribution >= 4 is 69.3 Å². The van der Waals surface area contributed by atoms with Crippen molar-refractivity contribution in [3.05, 3.63) is 192 Å². The molecule has 0 bridgehead atoms. The van der Waals surface area contributed by atoms with Crippen LogP contribution in [0.15, 0.2) is 170 Å². The Morgan fingerprint density at radius 3 is 1.66 bits per heavy atom. The van der Waals surface area contributed by atoms with E-state index in [1.165, 1.54) is 54.5 Å². The second-order valence-electron chi connectivity index (χ2n) is 14.0. The predicted octanol–water partition coefficient (Wildman–Crippen LogP) is 8.85. The van der Waals surface area contributed by atoms with Gasteiger partial charge in [-0.15, -0.1) is 0 Å². The summed E-state index contributed by atoms with van der Waals surface area (Å²) >= 11 is 6.92. The van der Waals surface area contributed by atoms with E-state index in [9.17, 15) is 0 Å². The lowest BCUT2D eigenvalue weighted by Crippen LogP contribution is -2.67. The third-order valence-electron chi connectivity index (χ3n) is 11.2. The number of para-hydroxylation sites is 4. The highest BCUT2D eigenvalue weighted by molar-refractivity contribution is 8.26. The van der Waals surface area contributed by atoms with Crippen LogP contribution in [0.5, 0.6) is 11.5 Å². The molecule has 3 heterocycles. The van der Waals surface area contributed by atoms with Crippen LogP contribution < -0.4 is 35.9 Å². The molecular weight excluding hydrogens is 662 g/mol. The maximum atomic E-state index is 6.92. The topological polar surface area (TPSA) is 12.5 Å². The van der Waals surface area contributed by atoms with E-state index in [1.807, 2.05) is 0 Å². The van der Waals surface area contributed by atoms with Gasteiger partial charge in [0.15, 0.2) is 0 Å². The van der Waals surface area contributed by atoms with Crippen molar-refractivity contribution in [1.82, 2.24) is 0 Å². The van der Waals surface area contributed by atoms with E-state index in [-0.39, 0.29) is 0 Å². The van der Waals surface area contributed by atoms with E-state index in [0.29, 0.717) is 0 Å². The van der Waals surface area contributed by atoms with E-state index in [0.717, 1.165) is 22.6 Å². The number of nitrogens with zero attached hydrogens (tertiary/aromatic N) is 1. The van der Waals surface area contributed by atoms with Crippen molar-refractivity contribution < 1.29 is 4.74 Å². The first-order valence-electron chi connectivity index (χ1n) is 17.2. The average Bonchev–Trinajstić information content (AvgIpc) is 3.17. The molecule has 1 atom stereocenters. The Labute approximate surface area is 299 Å². The highest BCUT2D eigenvalue weighted by atomic mass is 32.4. The van der Waals surface area contributed by atoms with Gasteiger partial charge in [0.2, 0.25) is 0 Å². The molecular formula is C45H34NOPSSi. The smallest absolute Gasteiger partial charge is 0.132 e. The molecule has 7 aromatic rings. The van der Waals surface area contributed by atoms with Crippen LogP contribution in [0.3, 0.4) is 0 Å². The van der Waals surface area contributed by atoms with E-state index in [2.05, 4.69) is 188 Å². The third kappa shape index (κ3) is 3.82. The van der Waals surface area contributed by atoms with Gasteiger partial charge in [-0.2, -0.15) is 0 Å². The number of hydrogen-bond acceptors (Lipinski definition) is 3. The minimum absolute atomic E-state index is 0.551. The van der Waals surface area contributed by atoms with Crippen LogP contribution in [-0.2, 0) is 17.2 Å². The van der Waals surface area contributed by atoms with Crippen LogP contribution >= 0.6 is 6.04 Å². The molecule has 0 aliphatic carbocycles. The monoisotopic (exact) mass is 695 g/mol. The summed E-state index contributed by atoms with van der Waals surface area (Å²) in [6.45, 7) is 5.00. The molecule has 7 aromatic carbocycles. The standard InChI is InChI=1S/C45H34NOPSSi/c1-50(2)43-27-15-14-26-41(43)48(49,32-16-4-3-5-17-32)42-29-28-31(30-44(42)50)46-37-22-10-6-18-33(37)45(34-19-7-11-23-38(34)46)35-20-8-12-24-39(35)47-40-25-13-9-21-36(40)45/h3-30H,1-2H3. The zero-order chi connectivity index (χ0) is 33.7. The van der Waals surface area contributed by atoms with Crippen LogP contribution in [0.4, 0.5) is 17.1 Å². The summed E-state index contributed by atoms with van der Waals surface area (Å²) in [5.74, 6) is 1.80. The highest BCUT2D eigenvalue weighted by Gasteiger charge is 2.51. The molecule has 0 aromatic heterocycles. The molecule has 1 unspecified atom stereocenters. The fourth-order valence-electron chi connectivity index (χ4n) is 9.01. The highest BCUT2D eigenvalue weighted by Crippen LogP contribution is 2.62. The molecule has 0 amide bonds. The molecule has 10 rings (SSSR count). The van der Waals surface area contributed by atoms with Gasteiger partial charge in [0.25, 0.3) is 0 Å². The number of benzene rings is 7. The molecule has 0 fully saturated rings. The lowest BCUT2D eigenvalue weighted by atomic mass is 9.61. The Morgan fingerprint density at radius 2 is 1.02 bits per heavy atom. The zero-order valence-electron chi connectivity index (χ0n) is 27.9. The first-order valence-corrected chi connectivity index (χ1v) is 23.0. The van der Waals surface area contributed by atoms with Gasteiger partial charge in [-0.3, -0.25) is 0 Å². The molecule has 2 nitrogen and oxygen atoms in total. The summed E-state index contributed by atoms with van der Waals surface area (Å²) in [4.78, 5) is 2.49. The van der Waals surface area contributed by atoms with E-state index in [4.69, 9.17) is 16.5 Å². The Hall–Kier alpha value is -4.99. The lowest BCUT2D eigenvalue weighted by Gasteiger charge is -2.49. The Balaban J connectivity index is 1.26. The lowest BCUT2D eigenvalue weighted by molar-refractivity contribution is 0.434. The van der Waals surface area contributed by atoms with Gasteiger partial charge in [-0.25, -0.2) is 0 Å². The molecule has 0 saturated carbocycles. The van der Waals surface area contributed by atoms with Crippen LogP contribution in [-0.4, -0.2) is 8.07 Å². The van der Waals surface area contributed by atoms with Gasteiger partial charge in [-0.1, -0.05) is 158 Å². The first kappa shape index (κ1) is 29.9. The van der Waals surface area contributed by atoms with E-state index >= 15 is 0 Å². The van der Waals surface area contributed by atoms with Gasteiger partial charge in [0, 0.05) is 22.9 Å². The predicted molar refractivity (Wildman–Crippen MR) is 216 cm³/mol. The summed E-state index contributed by atoms with van der Waals surface area (Å²) in [6.07, 6.45) is 0. The maximum absolute atomic E-state index is 6.92. The molecule has 1 spiro atoms. The molecule has 3 aliphatic rings. The molecule has 240 valence electrons. The van der Waals surface area contributed by atoms with Crippen molar-refractivity contribution in [3.8, 4) is 11.5 Å². The summed E-state index contributed by atoms with van der Waals surface area (Å²) in [5, 5.41) is 6.88. The number of anilines is 3. The van der Waals surface area contributed by atoms with Crippen molar-refractivity contribution in [2.24, 2.45) is 0 Å². The van der Waals surface area contributed by atoms with Crippen molar-refractivity contribution in [3.63, 3.8) is 0 Å². The van der Waals surface area contributed by atoms with Gasteiger partial charge in [-0.05, 0) is 73.8 Å². The molecule has 0 saturated heterocycles. The van der Waals surface area contributed by atoms with E-state index < -0.39 is 19.5 Å². The fourth-order valence-corrected chi connectivity index (χ4v) is 19.1. The van der Waals surface area contributed by atoms with Gasteiger partial charge in [0.1, 0.15) is 19.6 Å². The van der Waals surface area contributed by atoms with Crippen LogP contribution in [0.1, 0.15) is 22.3 Å². The number of fused-ring (bicyclic) bond motifs is 10. The van der Waals surface area contributed by atoms with Crippen LogP contribution in [0, 0.1) is 0 Å². The normalized spacial score (nSPS) is 18.4. The molecule has 50 heavy (non-hydrogen) atoms. The van der Waals surface area contributed by atoms with Gasteiger partial charge >= 0.3 is 0 Å². The number of rotatable bonds is 2. The second-order valence-corrected chi connectivity index (χ2v) is 22.7. The fraction of sp³-hybridized carbons (Fsp3) is 0.0667. The Morgan fingerprint density at radius 1 is 0.520 bits per heavy atom. The summed E-state index contributed by atoms with van der Waals surface area (Å²) in [5.41, 5.74) is 7.79. The first-order chi connectivity index (χ1) is 24.4. The van der Waals surface area contributed by atoms with Crippen molar-refractivity contribution in [1.29, 1.82) is 0 Å². The summed E-state index contributed by atoms with van der Waals surface area (Å²) in [6, 6.07) is 59.9. The SMILES string of the molecule is C[Si]1(C)c2ccccc2P(=S)(c2ccccc2)c2ccc(N3c4ccccc4C4(c5ccccc5Oc5ccccc54)c4ccccc43)cc21. The van der Waals surface area contributed by atoms with Crippen molar-refractivity contribution in [2.45, 2.75) is 18.5 Å². The molecule has 5 heteroatoms. The average molecular weight is 696 g/mol. The quantitative estimate of drug-likeness (QED) is 0.133. The third-order valence-corrected chi connectivity index (χ3v) is 20.1. The maximum Gasteiger partial charge on any atom is 0.132 e. The Kier molecular flexibility index (Phi) is 6.43. The van der Waals surface area contributed by atoms with Gasteiger partial charge < -0.3 is 9.64 Å². The zero-order valence-corrected chi connectivity index (χ0v) is 30.6. The van der Waals surface area contributed by atoms with Gasteiger partial charge in [0.05, 0.1) is 16.8 Å². The van der Waals surface area contributed by atoms with E-state index in [1.54, 1.807) is 0 Å². The van der Waals surface area contributed by atoms with Crippen LogP contribution in [0.25, 0.3) is 0 Å². The summed E-state index contributed by atoms with van der Waals surface area (Å²) in [7, 11) is -2.15. The van der Waals surface area contributed by atoms with Crippen LogP contribution in [0.2, 0.25) is 13.1 Å². The second kappa shape index (κ2) is 10.8.